The quantitative estimate of drug-likeness (QED) is 0.147. The van der Waals surface area contributed by atoms with Crippen LogP contribution in [-0.4, -0.2) is 68.5 Å². The second-order valence-electron chi connectivity index (χ2n) is 16.6. The maximum atomic E-state index is 14.6. The number of hydrogen-bond acceptors (Lipinski definition) is 10. The summed E-state index contributed by atoms with van der Waals surface area (Å²) < 4.78 is 15.9. The summed E-state index contributed by atoms with van der Waals surface area (Å²) in [6.45, 7) is 5.25. The lowest BCUT2D eigenvalue weighted by atomic mass is 9.82. The van der Waals surface area contributed by atoms with Crippen molar-refractivity contribution in [2.75, 3.05) is 36.9 Å². The maximum absolute atomic E-state index is 14.6. The van der Waals surface area contributed by atoms with Crippen molar-refractivity contribution in [3.63, 3.8) is 0 Å². The zero-order valence-electron chi connectivity index (χ0n) is 36.4. The molecule has 6 heterocycles. The standard InChI is InChI=1S/C51H51N7O7/c1-3-38(55-33-53-56-28-24-41(59)47(61)45(56)50(55)63)19-14-30-64-43-22-9-7-18-37(43)31-35-15-13-20-39(32-35)65-48-42(60)25-29-57-46(48)49(62)54-27-12-4-5-16-36-17-6-8-21-40(36)51(2,58(57)34-54)44-23-10-11-26-52-44/h6-11,13-15,17-26,28-29,32,38,53,61H,3-5,12,16,27,30-31,33-34H2,1-2H3/p-1/b19-14+/t38-,51-/m0/s1. The minimum Gasteiger partial charge on any atom is -0.868 e. The number of carbonyl (C=O) groups is 2. The number of hydrogen-bond donors (Lipinski definition) is 1. The minimum absolute atomic E-state index is 0.0506. The molecule has 3 aliphatic rings. The van der Waals surface area contributed by atoms with Gasteiger partial charge in [-0.25, -0.2) is 0 Å². The molecule has 0 aliphatic carbocycles. The minimum atomic E-state index is -0.840. The van der Waals surface area contributed by atoms with Crippen LogP contribution < -0.4 is 35.9 Å². The van der Waals surface area contributed by atoms with Gasteiger partial charge in [-0.3, -0.25) is 38.5 Å². The van der Waals surface area contributed by atoms with E-state index in [1.54, 1.807) is 23.1 Å². The predicted octanol–water partition coefficient (Wildman–Crippen LogP) is 6.27. The molecule has 0 spiro atoms. The first kappa shape index (κ1) is 42.7. The Morgan fingerprint density at radius 1 is 0.862 bits per heavy atom. The van der Waals surface area contributed by atoms with Crippen molar-refractivity contribution in [3.05, 3.63) is 194 Å². The van der Waals surface area contributed by atoms with E-state index in [2.05, 4.69) is 35.6 Å². The Labute approximate surface area is 376 Å². The van der Waals surface area contributed by atoms with E-state index in [1.165, 1.54) is 27.4 Å². The van der Waals surface area contributed by atoms with Gasteiger partial charge in [-0.1, -0.05) is 80.1 Å². The van der Waals surface area contributed by atoms with Crippen LogP contribution in [0.1, 0.15) is 88.5 Å². The molecule has 14 nitrogen and oxygen atoms in total. The molecule has 0 saturated carbocycles. The van der Waals surface area contributed by atoms with Gasteiger partial charge in [0.2, 0.25) is 11.2 Å². The monoisotopic (exact) mass is 872 g/mol. The van der Waals surface area contributed by atoms with Crippen molar-refractivity contribution < 1.29 is 24.2 Å². The van der Waals surface area contributed by atoms with Gasteiger partial charge < -0.3 is 29.8 Å². The van der Waals surface area contributed by atoms with E-state index in [1.807, 2.05) is 90.7 Å². The van der Waals surface area contributed by atoms with E-state index in [0.29, 0.717) is 30.9 Å². The second kappa shape index (κ2) is 18.2. The molecular weight excluding hydrogens is 823 g/mol. The summed E-state index contributed by atoms with van der Waals surface area (Å²) in [4.78, 5) is 62.0. The van der Waals surface area contributed by atoms with Crippen LogP contribution in [0.2, 0.25) is 0 Å². The molecule has 1 N–H and O–H groups in total. The molecule has 2 amide bonds. The molecule has 3 aromatic heterocycles. The molecule has 0 saturated heterocycles. The Hall–Kier alpha value is -7.61. The summed E-state index contributed by atoms with van der Waals surface area (Å²) in [5, 5.41) is 14.6. The van der Waals surface area contributed by atoms with Crippen LogP contribution in [0.5, 0.6) is 23.0 Å². The van der Waals surface area contributed by atoms with Gasteiger partial charge in [0.05, 0.1) is 11.7 Å². The van der Waals surface area contributed by atoms with Crippen molar-refractivity contribution in [2.45, 2.75) is 64.0 Å². The first-order valence-corrected chi connectivity index (χ1v) is 22.1. The molecule has 2 atom stereocenters. The third-order valence-electron chi connectivity index (χ3n) is 12.6. The number of carbonyl (C=O) groups excluding carboxylic acids is 2. The van der Waals surface area contributed by atoms with Gasteiger partial charge >= 0.3 is 0 Å². The van der Waals surface area contributed by atoms with E-state index >= 15 is 0 Å². The molecule has 0 fully saturated rings. The molecular formula is C51H50N7O7-. The number of rotatable bonds is 11. The number of aromatic nitrogens is 3. The van der Waals surface area contributed by atoms with E-state index in [-0.39, 0.29) is 49.0 Å². The number of ether oxygens (including phenoxy) is 2. The predicted molar refractivity (Wildman–Crippen MR) is 245 cm³/mol. The summed E-state index contributed by atoms with van der Waals surface area (Å²) >= 11 is 0. The molecule has 0 unspecified atom stereocenters. The Kier molecular flexibility index (Phi) is 12.0. The number of nitrogens with zero attached hydrogens (tertiary/aromatic N) is 6. The van der Waals surface area contributed by atoms with Crippen molar-refractivity contribution in [2.24, 2.45) is 0 Å². The summed E-state index contributed by atoms with van der Waals surface area (Å²) in [6.07, 6.45) is 13.3. The zero-order chi connectivity index (χ0) is 45.1. The van der Waals surface area contributed by atoms with Crippen LogP contribution in [-0.2, 0) is 18.4 Å². The molecule has 6 aromatic rings. The fraction of sp³-hybridized carbons (Fsp3) is 0.275. The molecule has 332 valence electrons. The molecule has 3 aliphatic heterocycles. The first-order valence-electron chi connectivity index (χ1n) is 22.1. The number of para-hydroxylation sites is 1. The average Bonchev–Trinajstić information content (AvgIpc) is 3.35. The number of amides is 2. The molecule has 65 heavy (non-hydrogen) atoms. The van der Waals surface area contributed by atoms with Gasteiger partial charge in [0.15, 0.2) is 11.1 Å². The number of pyridine rings is 3. The lowest BCUT2D eigenvalue weighted by molar-refractivity contribution is -0.271. The highest BCUT2D eigenvalue weighted by Gasteiger charge is 2.45. The summed E-state index contributed by atoms with van der Waals surface area (Å²) in [5.41, 5.74) is 5.89. The summed E-state index contributed by atoms with van der Waals surface area (Å²) in [5.74, 6) is -0.597. The highest BCUT2D eigenvalue weighted by molar-refractivity contribution is 5.97. The van der Waals surface area contributed by atoms with Crippen molar-refractivity contribution in [1.29, 1.82) is 0 Å². The largest absolute Gasteiger partial charge is 0.868 e. The van der Waals surface area contributed by atoms with Crippen LogP contribution in [0, 0.1) is 0 Å². The maximum Gasteiger partial charge on any atom is 0.277 e. The Morgan fingerprint density at radius 3 is 2.52 bits per heavy atom. The van der Waals surface area contributed by atoms with Crippen LogP contribution >= 0.6 is 0 Å². The Bertz CT molecular complexity index is 2900. The van der Waals surface area contributed by atoms with Crippen LogP contribution in [0.3, 0.4) is 0 Å². The second-order valence-corrected chi connectivity index (χ2v) is 16.6. The van der Waals surface area contributed by atoms with Gasteiger partial charge in [0, 0.05) is 43.7 Å². The first-order chi connectivity index (χ1) is 31.6. The van der Waals surface area contributed by atoms with E-state index < -0.39 is 28.1 Å². The molecule has 0 radical (unpaired) electrons. The fourth-order valence-corrected chi connectivity index (χ4v) is 9.18. The lowest BCUT2D eigenvalue weighted by Crippen LogP contribution is -2.62. The highest BCUT2D eigenvalue weighted by Crippen LogP contribution is 2.40. The van der Waals surface area contributed by atoms with Crippen molar-refractivity contribution in [3.8, 4) is 23.0 Å². The topological polar surface area (TPSA) is 154 Å². The van der Waals surface area contributed by atoms with Gasteiger partial charge in [-0.2, -0.15) is 0 Å². The van der Waals surface area contributed by atoms with Crippen molar-refractivity contribution in [1.82, 2.24) is 24.1 Å². The Balaban J connectivity index is 0.967. The third-order valence-corrected chi connectivity index (χ3v) is 12.6. The fourth-order valence-electron chi connectivity index (χ4n) is 9.18. The number of fused-ring (bicyclic) bond motifs is 6. The highest BCUT2D eigenvalue weighted by atomic mass is 16.5. The van der Waals surface area contributed by atoms with Crippen molar-refractivity contribution >= 4 is 11.8 Å². The van der Waals surface area contributed by atoms with E-state index in [4.69, 9.17) is 14.5 Å². The lowest BCUT2D eigenvalue weighted by Gasteiger charge is -2.49. The van der Waals surface area contributed by atoms with Gasteiger partial charge in [-0.05, 0) is 97.0 Å². The molecule has 9 rings (SSSR count). The third kappa shape index (κ3) is 8.23. The van der Waals surface area contributed by atoms with Gasteiger partial charge in [0.1, 0.15) is 42.7 Å². The molecule has 14 heteroatoms. The SMILES string of the molecule is CC[C@@H](/C=C/COc1ccccc1Cc1cccc(Oc2c3n(ccc2=O)N2CN(CCCCCc4ccccc4[C@@]2(C)c2ccccn2)C3=O)c1)N1CNn2ccc(=O)c([O-])c2C1=O. The van der Waals surface area contributed by atoms with Gasteiger partial charge in [-0.15, -0.1) is 0 Å². The normalized spacial score (nSPS) is 17.7. The van der Waals surface area contributed by atoms with E-state index in [9.17, 15) is 24.3 Å². The van der Waals surface area contributed by atoms with Crippen LogP contribution in [0.15, 0.2) is 143 Å². The number of nitrogens with one attached hydrogen (secondary N) is 1. The van der Waals surface area contributed by atoms with E-state index in [0.717, 1.165) is 54.1 Å². The molecule has 3 aromatic carbocycles. The Morgan fingerprint density at radius 2 is 1.68 bits per heavy atom. The zero-order valence-corrected chi connectivity index (χ0v) is 36.4. The molecule has 2 bridgehead atoms. The smallest absolute Gasteiger partial charge is 0.277 e. The average molecular weight is 873 g/mol. The van der Waals surface area contributed by atoms with Crippen LogP contribution in [0.25, 0.3) is 0 Å². The number of aryl methyl sites for hydroxylation is 1. The van der Waals surface area contributed by atoms with Crippen LogP contribution in [0.4, 0.5) is 0 Å². The summed E-state index contributed by atoms with van der Waals surface area (Å²) in [6, 6.07) is 31.8. The number of benzene rings is 3. The summed E-state index contributed by atoms with van der Waals surface area (Å²) in [7, 11) is 0. The van der Waals surface area contributed by atoms with Gasteiger partial charge in [0.25, 0.3) is 11.8 Å².